The van der Waals surface area contributed by atoms with Crippen LogP contribution in [0.1, 0.15) is 11.1 Å². The lowest BCUT2D eigenvalue weighted by molar-refractivity contribution is 0.987. The molecule has 0 radical (unpaired) electrons. The van der Waals surface area contributed by atoms with Crippen molar-refractivity contribution in [2.75, 3.05) is 5.32 Å². The maximum atomic E-state index is 5.67. The Labute approximate surface area is 109 Å². The van der Waals surface area contributed by atoms with Gasteiger partial charge in [-0.05, 0) is 41.5 Å². The first-order valence-corrected chi connectivity index (χ1v) is 6.20. The molecule has 4 heteroatoms. The van der Waals surface area contributed by atoms with Gasteiger partial charge in [0.2, 0.25) is 0 Å². The predicted molar refractivity (Wildman–Crippen MR) is 73.6 cm³/mol. The second-order valence-corrected chi connectivity index (χ2v) is 4.62. The van der Waals surface area contributed by atoms with E-state index < -0.39 is 0 Å². The topological polar surface area (TPSA) is 50.9 Å². The Morgan fingerprint density at radius 3 is 2.59 bits per heavy atom. The van der Waals surface area contributed by atoms with Gasteiger partial charge >= 0.3 is 0 Å². The van der Waals surface area contributed by atoms with Crippen LogP contribution in [0.2, 0.25) is 0 Å². The van der Waals surface area contributed by atoms with E-state index in [2.05, 4.69) is 26.2 Å². The molecule has 88 valence electrons. The summed E-state index contributed by atoms with van der Waals surface area (Å²) in [7, 11) is 0. The van der Waals surface area contributed by atoms with Gasteiger partial charge in [-0.25, -0.2) is 0 Å². The standard InChI is InChI=1S/C13H14BrN3/c14-12-1-3-13(4-2-12)17-9-10-5-6-16-8-11(10)7-15/h1-6,8,17H,7,9,15H2. The molecular formula is C13H14BrN3. The summed E-state index contributed by atoms with van der Waals surface area (Å²) in [4.78, 5) is 4.07. The molecule has 0 fully saturated rings. The first kappa shape index (κ1) is 12.1. The average Bonchev–Trinajstić information content (AvgIpc) is 2.38. The minimum absolute atomic E-state index is 0.519. The normalized spacial score (nSPS) is 10.2. The van der Waals surface area contributed by atoms with Gasteiger partial charge in [0.15, 0.2) is 0 Å². The number of nitrogens with zero attached hydrogens (tertiary/aromatic N) is 1. The molecule has 17 heavy (non-hydrogen) atoms. The Kier molecular flexibility index (Phi) is 4.12. The number of anilines is 1. The van der Waals surface area contributed by atoms with Gasteiger partial charge in [0.1, 0.15) is 0 Å². The molecule has 0 amide bonds. The number of hydrogen-bond acceptors (Lipinski definition) is 3. The van der Waals surface area contributed by atoms with Gasteiger partial charge < -0.3 is 11.1 Å². The fourth-order valence-electron chi connectivity index (χ4n) is 1.58. The third-order valence-electron chi connectivity index (χ3n) is 2.55. The van der Waals surface area contributed by atoms with Crippen molar-refractivity contribution in [3.63, 3.8) is 0 Å². The maximum absolute atomic E-state index is 5.67. The van der Waals surface area contributed by atoms with Crippen LogP contribution in [0.15, 0.2) is 47.2 Å². The maximum Gasteiger partial charge on any atom is 0.0405 e. The lowest BCUT2D eigenvalue weighted by Crippen LogP contribution is -2.06. The Morgan fingerprint density at radius 2 is 1.88 bits per heavy atom. The van der Waals surface area contributed by atoms with Gasteiger partial charge in [-0.15, -0.1) is 0 Å². The molecule has 0 bridgehead atoms. The van der Waals surface area contributed by atoms with Crippen LogP contribution in [-0.2, 0) is 13.1 Å². The molecular weight excluding hydrogens is 278 g/mol. The van der Waals surface area contributed by atoms with Crippen LogP contribution < -0.4 is 11.1 Å². The van der Waals surface area contributed by atoms with Gasteiger partial charge in [0, 0.05) is 35.6 Å². The molecule has 0 unspecified atom stereocenters. The lowest BCUT2D eigenvalue weighted by atomic mass is 10.1. The smallest absolute Gasteiger partial charge is 0.0405 e. The van der Waals surface area contributed by atoms with Crippen molar-refractivity contribution in [2.45, 2.75) is 13.1 Å². The molecule has 2 aromatic rings. The summed E-state index contributed by atoms with van der Waals surface area (Å²) in [6, 6.07) is 10.1. The molecule has 3 N–H and O–H groups in total. The van der Waals surface area contributed by atoms with Crippen LogP contribution in [-0.4, -0.2) is 4.98 Å². The third kappa shape index (κ3) is 3.28. The summed E-state index contributed by atoms with van der Waals surface area (Å²) in [5, 5.41) is 3.36. The molecule has 1 heterocycles. The zero-order valence-corrected chi connectivity index (χ0v) is 10.9. The largest absolute Gasteiger partial charge is 0.381 e. The molecule has 3 nitrogen and oxygen atoms in total. The van der Waals surface area contributed by atoms with Crippen molar-refractivity contribution in [1.29, 1.82) is 0 Å². The Bertz CT molecular complexity index is 482. The summed E-state index contributed by atoms with van der Waals surface area (Å²) in [6.07, 6.45) is 3.61. The summed E-state index contributed by atoms with van der Waals surface area (Å²) < 4.78 is 1.08. The highest BCUT2D eigenvalue weighted by molar-refractivity contribution is 9.10. The van der Waals surface area contributed by atoms with Crippen molar-refractivity contribution < 1.29 is 0 Å². The highest BCUT2D eigenvalue weighted by Gasteiger charge is 2.00. The third-order valence-corrected chi connectivity index (χ3v) is 3.08. The molecule has 0 spiro atoms. The van der Waals surface area contributed by atoms with Gasteiger partial charge in [-0.1, -0.05) is 15.9 Å². The summed E-state index contributed by atoms with van der Waals surface area (Å²) in [5.74, 6) is 0. The van der Waals surface area contributed by atoms with E-state index in [1.165, 1.54) is 5.56 Å². The van der Waals surface area contributed by atoms with E-state index >= 15 is 0 Å². The molecule has 0 aliphatic carbocycles. The lowest BCUT2D eigenvalue weighted by Gasteiger charge is -2.09. The molecule has 0 saturated heterocycles. The van der Waals surface area contributed by atoms with Crippen LogP contribution in [0.4, 0.5) is 5.69 Å². The van der Waals surface area contributed by atoms with Crippen molar-refractivity contribution >= 4 is 21.6 Å². The predicted octanol–water partition coefficient (Wildman–Crippen LogP) is 2.91. The van der Waals surface area contributed by atoms with E-state index in [1.807, 2.05) is 36.5 Å². The SMILES string of the molecule is NCc1cnccc1CNc1ccc(Br)cc1. The molecule has 0 saturated carbocycles. The van der Waals surface area contributed by atoms with Crippen LogP contribution in [0.5, 0.6) is 0 Å². The number of rotatable bonds is 4. The van der Waals surface area contributed by atoms with E-state index in [1.54, 1.807) is 6.20 Å². The van der Waals surface area contributed by atoms with Crippen LogP contribution in [0.25, 0.3) is 0 Å². The van der Waals surface area contributed by atoms with Gasteiger partial charge in [-0.2, -0.15) is 0 Å². The van der Waals surface area contributed by atoms with Crippen molar-refractivity contribution in [1.82, 2.24) is 4.98 Å². The second kappa shape index (κ2) is 5.80. The van der Waals surface area contributed by atoms with Crippen LogP contribution >= 0.6 is 15.9 Å². The number of hydrogen-bond donors (Lipinski definition) is 2. The first-order valence-electron chi connectivity index (χ1n) is 5.41. The number of nitrogens with one attached hydrogen (secondary N) is 1. The van der Waals surface area contributed by atoms with E-state index in [4.69, 9.17) is 5.73 Å². The molecule has 1 aromatic heterocycles. The van der Waals surface area contributed by atoms with Crippen molar-refractivity contribution in [2.24, 2.45) is 5.73 Å². The number of benzene rings is 1. The summed E-state index contributed by atoms with van der Waals surface area (Å²) in [5.41, 5.74) is 9.02. The molecule has 2 rings (SSSR count). The number of nitrogens with two attached hydrogens (primary N) is 1. The van der Waals surface area contributed by atoms with Crippen molar-refractivity contribution in [3.05, 3.63) is 58.3 Å². The van der Waals surface area contributed by atoms with Crippen LogP contribution in [0.3, 0.4) is 0 Å². The minimum Gasteiger partial charge on any atom is -0.381 e. The van der Waals surface area contributed by atoms with E-state index in [0.717, 1.165) is 22.3 Å². The highest BCUT2D eigenvalue weighted by Crippen LogP contribution is 2.15. The van der Waals surface area contributed by atoms with E-state index in [-0.39, 0.29) is 0 Å². The molecule has 0 atom stereocenters. The number of halogens is 1. The fourth-order valence-corrected chi connectivity index (χ4v) is 1.84. The zero-order chi connectivity index (χ0) is 12.1. The monoisotopic (exact) mass is 291 g/mol. The summed E-state index contributed by atoms with van der Waals surface area (Å²) in [6.45, 7) is 1.28. The second-order valence-electron chi connectivity index (χ2n) is 3.71. The summed E-state index contributed by atoms with van der Waals surface area (Å²) >= 11 is 3.41. The van der Waals surface area contributed by atoms with E-state index in [9.17, 15) is 0 Å². The quantitative estimate of drug-likeness (QED) is 0.911. The molecule has 0 aliphatic rings. The average molecular weight is 292 g/mol. The Morgan fingerprint density at radius 1 is 1.12 bits per heavy atom. The fraction of sp³-hybridized carbons (Fsp3) is 0.154. The van der Waals surface area contributed by atoms with Crippen molar-refractivity contribution in [3.8, 4) is 0 Å². The Balaban J connectivity index is 2.04. The number of pyridine rings is 1. The van der Waals surface area contributed by atoms with Crippen LogP contribution in [0, 0.1) is 0 Å². The molecule has 0 aliphatic heterocycles. The van der Waals surface area contributed by atoms with Gasteiger partial charge in [0.05, 0.1) is 0 Å². The van der Waals surface area contributed by atoms with Gasteiger partial charge in [0.25, 0.3) is 0 Å². The van der Waals surface area contributed by atoms with Gasteiger partial charge in [-0.3, -0.25) is 4.98 Å². The first-order chi connectivity index (χ1) is 8.29. The van der Waals surface area contributed by atoms with E-state index in [0.29, 0.717) is 6.54 Å². The number of aromatic nitrogens is 1. The molecule has 1 aromatic carbocycles. The minimum atomic E-state index is 0.519. The highest BCUT2D eigenvalue weighted by atomic mass is 79.9. The zero-order valence-electron chi connectivity index (χ0n) is 9.36. The Hall–Kier alpha value is -1.39.